The number of alkyl halides is 2. The lowest BCUT2D eigenvalue weighted by Gasteiger charge is -1.99. The van der Waals surface area contributed by atoms with E-state index in [0.717, 1.165) is 0 Å². The Balaban J connectivity index is 2.77. The highest BCUT2D eigenvalue weighted by Gasteiger charge is 2.67. The van der Waals surface area contributed by atoms with E-state index in [0.29, 0.717) is 11.3 Å². The molecule has 0 nitrogen and oxygen atoms in total. The maximum absolute atomic E-state index is 3.75. The van der Waals surface area contributed by atoms with Gasteiger partial charge in [-0.25, -0.2) is 0 Å². The molecule has 52 valence electrons. The van der Waals surface area contributed by atoms with E-state index in [-0.39, 0.29) is 3.23 Å². The highest BCUT2D eigenvalue weighted by atomic mass is 79.9. The Bertz CT molecular complexity index is 133. The van der Waals surface area contributed by atoms with Crippen LogP contribution in [0.2, 0.25) is 0 Å². The molecule has 1 aliphatic carbocycles. The molecule has 0 aromatic heterocycles. The van der Waals surface area contributed by atoms with Crippen LogP contribution in [-0.4, -0.2) is 3.23 Å². The standard InChI is InChI=1S/C7H10Br2/c1-4-5-6(2,3)7(5,8)9/h4-5H,1H2,2-3H3. The summed E-state index contributed by atoms with van der Waals surface area (Å²) in [4.78, 5) is 0. The van der Waals surface area contributed by atoms with Crippen LogP contribution in [0.15, 0.2) is 12.7 Å². The number of rotatable bonds is 1. The van der Waals surface area contributed by atoms with Crippen molar-refractivity contribution in [3.8, 4) is 0 Å². The molecule has 1 atom stereocenters. The zero-order valence-corrected chi connectivity index (χ0v) is 8.79. The number of hydrogen-bond donors (Lipinski definition) is 0. The summed E-state index contributed by atoms with van der Waals surface area (Å²) in [6.07, 6.45) is 1.99. The van der Waals surface area contributed by atoms with Crippen molar-refractivity contribution in [2.75, 3.05) is 0 Å². The lowest BCUT2D eigenvalue weighted by molar-refractivity contribution is 0.610. The summed E-state index contributed by atoms with van der Waals surface area (Å²) in [5.41, 5.74) is 0.328. The smallest absolute Gasteiger partial charge is 0.0930 e. The van der Waals surface area contributed by atoms with Crippen LogP contribution in [-0.2, 0) is 0 Å². The summed E-state index contributed by atoms with van der Waals surface area (Å²) in [6.45, 7) is 8.18. The molecule has 0 saturated heterocycles. The van der Waals surface area contributed by atoms with Gasteiger partial charge in [-0.3, -0.25) is 0 Å². The Hall–Kier alpha value is 0.700. The van der Waals surface area contributed by atoms with Crippen LogP contribution in [0, 0.1) is 11.3 Å². The zero-order chi connectivity index (χ0) is 7.28. The molecule has 0 aliphatic heterocycles. The third-order valence-electron chi connectivity index (χ3n) is 2.18. The molecule has 1 rings (SSSR count). The molecular formula is C7H10Br2. The van der Waals surface area contributed by atoms with Gasteiger partial charge in [0.15, 0.2) is 0 Å². The first-order valence-corrected chi connectivity index (χ1v) is 4.53. The number of halogens is 2. The molecule has 2 heteroatoms. The third-order valence-corrected chi connectivity index (χ3v) is 5.21. The van der Waals surface area contributed by atoms with E-state index in [2.05, 4.69) is 52.3 Å². The topological polar surface area (TPSA) is 0 Å². The Morgan fingerprint density at radius 1 is 1.44 bits per heavy atom. The van der Waals surface area contributed by atoms with Gasteiger partial charge in [0, 0.05) is 5.92 Å². The van der Waals surface area contributed by atoms with Gasteiger partial charge in [-0.1, -0.05) is 51.8 Å². The first-order chi connectivity index (χ1) is 3.94. The molecule has 1 unspecified atom stereocenters. The molecule has 1 saturated carbocycles. The molecule has 0 radical (unpaired) electrons. The Morgan fingerprint density at radius 3 is 1.78 bits per heavy atom. The molecule has 0 aromatic rings. The van der Waals surface area contributed by atoms with E-state index in [1.807, 2.05) is 6.08 Å². The van der Waals surface area contributed by atoms with Gasteiger partial charge in [0.25, 0.3) is 0 Å². The Morgan fingerprint density at radius 2 is 1.78 bits per heavy atom. The lowest BCUT2D eigenvalue weighted by atomic mass is 10.1. The second kappa shape index (κ2) is 1.85. The SMILES string of the molecule is C=CC1C(C)(C)C1(Br)Br. The average molecular weight is 254 g/mol. The molecule has 0 N–H and O–H groups in total. The summed E-state index contributed by atoms with van der Waals surface area (Å²) in [5.74, 6) is 0.560. The molecule has 1 aliphatic rings. The summed E-state index contributed by atoms with van der Waals surface area (Å²) < 4.78 is 0.120. The third kappa shape index (κ3) is 0.829. The van der Waals surface area contributed by atoms with Crippen molar-refractivity contribution in [2.24, 2.45) is 11.3 Å². The van der Waals surface area contributed by atoms with Crippen LogP contribution in [0.1, 0.15) is 13.8 Å². The predicted molar refractivity (Wildman–Crippen MR) is 48.1 cm³/mol. The van der Waals surface area contributed by atoms with Crippen molar-refractivity contribution in [1.29, 1.82) is 0 Å². The first kappa shape index (κ1) is 7.80. The fourth-order valence-corrected chi connectivity index (χ4v) is 2.92. The van der Waals surface area contributed by atoms with E-state index < -0.39 is 0 Å². The minimum Gasteiger partial charge on any atom is -0.103 e. The molecule has 0 heterocycles. The van der Waals surface area contributed by atoms with Gasteiger partial charge >= 0.3 is 0 Å². The lowest BCUT2D eigenvalue weighted by Crippen LogP contribution is -1.94. The van der Waals surface area contributed by atoms with Crippen LogP contribution in [0.3, 0.4) is 0 Å². The zero-order valence-electron chi connectivity index (χ0n) is 5.62. The molecule has 0 bridgehead atoms. The molecule has 0 aromatic carbocycles. The van der Waals surface area contributed by atoms with Crippen LogP contribution in [0.5, 0.6) is 0 Å². The van der Waals surface area contributed by atoms with Crippen LogP contribution >= 0.6 is 31.9 Å². The average Bonchev–Trinajstić information content (AvgIpc) is 2.00. The normalized spacial score (nSPS) is 35.8. The molecular weight excluding hydrogens is 244 g/mol. The summed E-state index contributed by atoms with van der Waals surface area (Å²) >= 11 is 7.16. The minimum absolute atomic E-state index is 0.120. The first-order valence-electron chi connectivity index (χ1n) is 2.95. The Kier molecular flexibility index (Phi) is 1.60. The van der Waals surface area contributed by atoms with Crippen LogP contribution in [0.25, 0.3) is 0 Å². The van der Waals surface area contributed by atoms with E-state index in [4.69, 9.17) is 0 Å². The number of hydrogen-bond acceptors (Lipinski definition) is 0. The van der Waals surface area contributed by atoms with Gasteiger partial charge in [-0.05, 0) is 5.41 Å². The van der Waals surface area contributed by atoms with E-state index in [1.165, 1.54) is 0 Å². The molecule has 0 amide bonds. The van der Waals surface area contributed by atoms with Gasteiger partial charge in [-0.2, -0.15) is 0 Å². The van der Waals surface area contributed by atoms with Crippen molar-refractivity contribution in [3.05, 3.63) is 12.7 Å². The molecule has 9 heavy (non-hydrogen) atoms. The van der Waals surface area contributed by atoms with E-state index in [9.17, 15) is 0 Å². The number of allylic oxidation sites excluding steroid dienone is 1. The highest BCUT2D eigenvalue weighted by molar-refractivity contribution is 9.25. The van der Waals surface area contributed by atoms with Crippen molar-refractivity contribution in [1.82, 2.24) is 0 Å². The monoisotopic (exact) mass is 252 g/mol. The summed E-state index contributed by atoms with van der Waals surface area (Å²) in [7, 11) is 0. The quantitative estimate of drug-likeness (QED) is 0.497. The summed E-state index contributed by atoms with van der Waals surface area (Å²) in [6, 6.07) is 0. The minimum atomic E-state index is 0.120. The van der Waals surface area contributed by atoms with Gasteiger partial charge < -0.3 is 0 Å². The van der Waals surface area contributed by atoms with Crippen LogP contribution in [0.4, 0.5) is 0 Å². The maximum atomic E-state index is 3.75. The predicted octanol–water partition coefficient (Wildman–Crippen LogP) is 3.31. The van der Waals surface area contributed by atoms with Gasteiger partial charge in [0.05, 0.1) is 3.23 Å². The van der Waals surface area contributed by atoms with Crippen molar-refractivity contribution >= 4 is 31.9 Å². The van der Waals surface area contributed by atoms with Gasteiger partial charge in [0.1, 0.15) is 0 Å². The molecule has 0 spiro atoms. The van der Waals surface area contributed by atoms with Gasteiger partial charge in [0.2, 0.25) is 0 Å². The maximum Gasteiger partial charge on any atom is 0.0930 e. The fraction of sp³-hybridized carbons (Fsp3) is 0.714. The van der Waals surface area contributed by atoms with Gasteiger partial charge in [-0.15, -0.1) is 6.58 Å². The highest BCUT2D eigenvalue weighted by Crippen LogP contribution is 2.71. The fourth-order valence-electron chi connectivity index (χ4n) is 1.14. The second-order valence-corrected chi connectivity index (χ2v) is 6.62. The summed E-state index contributed by atoms with van der Waals surface area (Å²) in [5, 5.41) is 0. The molecule has 1 fully saturated rings. The van der Waals surface area contributed by atoms with E-state index in [1.54, 1.807) is 0 Å². The van der Waals surface area contributed by atoms with E-state index >= 15 is 0 Å². The largest absolute Gasteiger partial charge is 0.103 e. The van der Waals surface area contributed by atoms with Crippen molar-refractivity contribution in [3.63, 3.8) is 0 Å². The Labute approximate surface area is 73.0 Å². The second-order valence-electron chi connectivity index (χ2n) is 3.06. The van der Waals surface area contributed by atoms with Crippen LogP contribution < -0.4 is 0 Å². The van der Waals surface area contributed by atoms with Crippen molar-refractivity contribution < 1.29 is 0 Å². The van der Waals surface area contributed by atoms with Crippen molar-refractivity contribution in [2.45, 2.75) is 17.1 Å².